The van der Waals surface area contributed by atoms with E-state index in [1.165, 1.54) is 0 Å². The first-order chi connectivity index (χ1) is 9.00. The third-order valence-corrected chi connectivity index (χ3v) is 3.28. The number of carbonyl (C=O) groups excluding carboxylic acids is 1. The Labute approximate surface area is 117 Å². The van der Waals surface area contributed by atoms with Crippen LogP contribution in [0.1, 0.15) is 32.3 Å². The van der Waals surface area contributed by atoms with Gasteiger partial charge in [0.25, 0.3) is 0 Å². The minimum absolute atomic E-state index is 0.127. The van der Waals surface area contributed by atoms with E-state index in [2.05, 4.69) is 0 Å². The van der Waals surface area contributed by atoms with Crippen molar-refractivity contribution in [3.05, 3.63) is 34.9 Å². The molecule has 1 N–H and O–H groups in total. The van der Waals surface area contributed by atoms with E-state index in [4.69, 9.17) is 16.3 Å². The summed E-state index contributed by atoms with van der Waals surface area (Å²) < 4.78 is 4.95. The van der Waals surface area contributed by atoms with Gasteiger partial charge in [-0.25, -0.2) is 0 Å². The van der Waals surface area contributed by atoms with Gasteiger partial charge in [0, 0.05) is 5.02 Å². The highest BCUT2D eigenvalue weighted by molar-refractivity contribution is 6.32. The van der Waals surface area contributed by atoms with Crippen LogP contribution in [0.25, 0.3) is 0 Å². The molecule has 0 aliphatic heterocycles. The van der Waals surface area contributed by atoms with Crippen molar-refractivity contribution in [3.63, 3.8) is 0 Å². The third kappa shape index (κ3) is 2.89. The van der Waals surface area contributed by atoms with E-state index in [-0.39, 0.29) is 23.6 Å². The van der Waals surface area contributed by atoms with Crippen LogP contribution in [0, 0.1) is 0 Å². The minimum Gasteiger partial charge on any atom is -0.480 e. The lowest BCUT2D eigenvalue weighted by molar-refractivity contribution is -0.162. The van der Waals surface area contributed by atoms with Gasteiger partial charge in [0.1, 0.15) is 0 Å². The van der Waals surface area contributed by atoms with Crippen molar-refractivity contribution >= 4 is 23.5 Å². The van der Waals surface area contributed by atoms with Gasteiger partial charge in [-0.15, -0.1) is 0 Å². The van der Waals surface area contributed by atoms with Crippen molar-refractivity contribution in [2.45, 2.75) is 32.1 Å². The first-order valence-electron chi connectivity index (χ1n) is 6.16. The molecule has 104 valence electrons. The van der Waals surface area contributed by atoms with E-state index < -0.39 is 17.4 Å². The maximum Gasteiger partial charge on any atom is 0.328 e. The molecule has 0 aromatic heterocycles. The monoisotopic (exact) mass is 284 g/mol. The summed E-state index contributed by atoms with van der Waals surface area (Å²) in [5.74, 6) is -2.00. The van der Waals surface area contributed by atoms with Crippen LogP contribution in [0.4, 0.5) is 0 Å². The molecular weight excluding hydrogens is 268 g/mol. The summed E-state index contributed by atoms with van der Waals surface area (Å²) in [6.45, 7) is 3.58. The number of ether oxygens (including phenoxy) is 1. The number of aliphatic carboxylic acids is 1. The zero-order chi connectivity index (χ0) is 14.5. The van der Waals surface area contributed by atoms with Gasteiger partial charge in [-0.05, 0) is 25.0 Å². The van der Waals surface area contributed by atoms with Gasteiger partial charge < -0.3 is 9.84 Å². The van der Waals surface area contributed by atoms with Gasteiger partial charge in [0.15, 0.2) is 5.41 Å². The number of benzene rings is 1. The lowest BCUT2D eigenvalue weighted by Crippen LogP contribution is -2.45. The van der Waals surface area contributed by atoms with E-state index in [0.29, 0.717) is 6.42 Å². The molecule has 0 saturated heterocycles. The Morgan fingerprint density at radius 1 is 1.32 bits per heavy atom. The van der Waals surface area contributed by atoms with Crippen LogP contribution in [0.3, 0.4) is 0 Å². The summed E-state index contributed by atoms with van der Waals surface area (Å²) in [4.78, 5) is 23.9. The molecule has 0 radical (unpaired) electrons. The molecule has 1 aromatic carbocycles. The van der Waals surface area contributed by atoms with Crippen LogP contribution in [-0.2, 0) is 19.7 Å². The highest BCUT2D eigenvalue weighted by atomic mass is 35.5. The van der Waals surface area contributed by atoms with E-state index in [1.807, 2.05) is 6.92 Å². The molecule has 0 saturated carbocycles. The molecule has 0 fully saturated rings. The second kappa shape index (κ2) is 6.57. The third-order valence-electron chi connectivity index (χ3n) is 2.95. The summed E-state index contributed by atoms with van der Waals surface area (Å²) in [7, 11) is 0. The summed E-state index contributed by atoms with van der Waals surface area (Å²) in [6, 6.07) is 6.48. The normalized spacial score (nSPS) is 13.6. The molecule has 0 heterocycles. The van der Waals surface area contributed by atoms with Crippen LogP contribution >= 0.6 is 11.6 Å². The van der Waals surface area contributed by atoms with Gasteiger partial charge in [-0.3, -0.25) is 9.59 Å². The summed E-state index contributed by atoms with van der Waals surface area (Å²) in [5.41, 5.74) is -1.45. The molecule has 1 unspecified atom stereocenters. The van der Waals surface area contributed by atoms with E-state index in [9.17, 15) is 14.7 Å². The Kier molecular flexibility index (Phi) is 5.36. The lowest BCUT2D eigenvalue weighted by atomic mass is 9.76. The SMILES string of the molecule is CCCC(C(=O)O)(C(=O)OCC)c1ccccc1Cl. The summed E-state index contributed by atoms with van der Waals surface area (Å²) in [5, 5.41) is 9.83. The standard InChI is InChI=1S/C14H17ClO4/c1-3-9-14(12(16)17,13(18)19-4-2)10-7-5-6-8-11(10)15/h5-8H,3-4,9H2,1-2H3,(H,16,17). The highest BCUT2D eigenvalue weighted by Crippen LogP contribution is 2.36. The van der Waals surface area contributed by atoms with Crippen molar-refractivity contribution < 1.29 is 19.4 Å². The molecule has 1 rings (SSSR count). The summed E-state index contributed by atoms with van der Waals surface area (Å²) in [6.07, 6.45) is 0.668. The quantitative estimate of drug-likeness (QED) is 0.644. The van der Waals surface area contributed by atoms with E-state index in [1.54, 1.807) is 31.2 Å². The van der Waals surface area contributed by atoms with Crippen LogP contribution in [0.15, 0.2) is 24.3 Å². The summed E-state index contributed by atoms with van der Waals surface area (Å²) >= 11 is 6.06. The van der Waals surface area contributed by atoms with E-state index >= 15 is 0 Å². The second-order valence-corrected chi connectivity index (χ2v) is 4.57. The molecule has 0 spiro atoms. The average molecular weight is 285 g/mol. The number of carboxylic acid groups (broad SMARTS) is 1. The van der Waals surface area contributed by atoms with Crippen LogP contribution in [0.2, 0.25) is 5.02 Å². The predicted octanol–water partition coefficient (Wildman–Crippen LogP) is 3.03. The van der Waals surface area contributed by atoms with Crippen molar-refractivity contribution in [1.82, 2.24) is 0 Å². The Hall–Kier alpha value is -1.55. The first kappa shape index (κ1) is 15.5. The molecule has 0 aliphatic rings. The molecular formula is C14H17ClO4. The molecule has 4 nitrogen and oxygen atoms in total. The fourth-order valence-corrected chi connectivity index (χ4v) is 2.39. The average Bonchev–Trinajstić information content (AvgIpc) is 2.36. The zero-order valence-electron chi connectivity index (χ0n) is 11.0. The topological polar surface area (TPSA) is 63.6 Å². The molecule has 1 aromatic rings. The van der Waals surface area contributed by atoms with E-state index in [0.717, 1.165) is 0 Å². The smallest absolute Gasteiger partial charge is 0.328 e. The number of rotatable bonds is 6. The Morgan fingerprint density at radius 2 is 1.95 bits per heavy atom. The number of halogens is 1. The minimum atomic E-state index is -1.73. The predicted molar refractivity (Wildman–Crippen MR) is 72.3 cm³/mol. The number of carbonyl (C=O) groups is 2. The molecule has 5 heteroatoms. The number of hydrogen-bond acceptors (Lipinski definition) is 3. The van der Waals surface area contributed by atoms with Crippen molar-refractivity contribution in [1.29, 1.82) is 0 Å². The molecule has 1 atom stereocenters. The van der Waals surface area contributed by atoms with Gasteiger partial charge >= 0.3 is 11.9 Å². The van der Waals surface area contributed by atoms with Gasteiger partial charge in [-0.1, -0.05) is 43.1 Å². The maximum atomic E-state index is 12.2. The van der Waals surface area contributed by atoms with Crippen LogP contribution in [-0.4, -0.2) is 23.7 Å². The fraction of sp³-hybridized carbons (Fsp3) is 0.429. The molecule has 19 heavy (non-hydrogen) atoms. The number of hydrogen-bond donors (Lipinski definition) is 1. The van der Waals surface area contributed by atoms with Gasteiger partial charge in [0.2, 0.25) is 0 Å². The van der Waals surface area contributed by atoms with Crippen LogP contribution in [0.5, 0.6) is 0 Å². The maximum absolute atomic E-state index is 12.2. The van der Waals surface area contributed by atoms with Crippen molar-refractivity contribution in [2.24, 2.45) is 0 Å². The van der Waals surface area contributed by atoms with Crippen molar-refractivity contribution in [2.75, 3.05) is 6.61 Å². The second-order valence-electron chi connectivity index (χ2n) is 4.16. The molecule has 0 bridgehead atoms. The lowest BCUT2D eigenvalue weighted by Gasteiger charge is -2.28. The Balaban J connectivity index is 3.44. The van der Waals surface area contributed by atoms with Crippen molar-refractivity contribution in [3.8, 4) is 0 Å². The number of carboxylic acids is 1. The Bertz CT molecular complexity index is 472. The highest BCUT2D eigenvalue weighted by Gasteiger charge is 2.49. The number of esters is 1. The zero-order valence-corrected chi connectivity index (χ0v) is 11.7. The molecule has 0 amide bonds. The van der Waals surface area contributed by atoms with Crippen LogP contribution < -0.4 is 0 Å². The van der Waals surface area contributed by atoms with Gasteiger partial charge in [-0.2, -0.15) is 0 Å². The van der Waals surface area contributed by atoms with Gasteiger partial charge in [0.05, 0.1) is 6.61 Å². The largest absolute Gasteiger partial charge is 0.480 e. The Morgan fingerprint density at radius 3 is 2.42 bits per heavy atom. The fourth-order valence-electron chi connectivity index (χ4n) is 2.09. The molecule has 0 aliphatic carbocycles. The first-order valence-corrected chi connectivity index (χ1v) is 6.54.